The van der Waals surface area contributed by atoms with Gasteiger partial charge in [-0.05, 0) is 36.6 Å². The van der Waals surface area contributed by atoms with Crippen LogP contribution in [-0.2, 0) is 27.8 Å². The summed E-state index contributed by atoms with van der Waals surface area (Å²) in [6.07, 6.45) is 0.328. The van der Waals surface area contributed by atoms with Crippen LogP contribution in [0.25, 0.3) is 0 Å². The van der Waals surface area contributed by atoms with E-state index in [2.05, 4.69) is 5.32 Å². The highest BCUT2D eigenvalue weighted by Gasteiger charge is 2.38. The summed E-state index contributed by atoms with van der Waals surface area (Å²) < 4.78 is 37.0. The summed E-state index contributed by atoms with van der Waals surface area (Å²) in [5.41, 5.74) is 2.42. The predicted molar refractivity (Wildman–Crippen MR) is 107 cm³/mol. The van der Waals surface area contributed by atoms with Gasteiger partial charge in [0.1, 0.15) is 6.04 Å². The molecule has 2 aromatic carbocycles. The van der Waals surface area contributed by atoms with Crippen LogP contribution in [0.5, 0.6) is 11.5 Å². The molecule has 0 fully saturated rings. The summed E-state index contributed by atoms with van der Waals surface area (Å²) >= 11 is 0. The van der Waals surface area contributed by atoms with E-state index in [0.29, 0.717) is 23.6 Å². The molecule has 3 rings (SSSR count). The van der Waals surface area contributed by atoms with E-state index in [0.717, 1.165) is 11.1 Å². The van der Waals surface area contributed by atoms with Crippen molar-refractivity contribution in [3.8, 4) is 11.5 Å². The molecule has 1 aliphatic heterocycles. The maximum atomic E-state index is 13.0. The van der Waals surface area contributed by atoms with Gasteiger partial charge in [-0.3, -0.25) is 4.79 Å². The first-order valence-electron chi connectivity index (χ1n) is 8.98. The Morgan fingerprint density at radius 2 is 1.79 bits per heavy atom. The third kappa shape index (κ3) is 3.98. The number of nitrogens with zero attached hydrogens (tertiary/aromatic N) is 1. The van der Waals surface area contributed by atoms with E-state index in [9.17, 15) is 13.2 Å². The molecule has 7 nitrogen and oxygen atoms in total. The van der Waals surface area contributed by atoms with Gasteiger partial charge in [-0.1, -0.05) is 24.3 Å². The van der Waals surface area contributed by atoms with Crippen LogP contribution in [-0.4, -0.2) is 44.6 Å². The zero-order valence-electron chi connectivity index (χ0n) is 16.1. The van der Waals surface area contributed by atoms with Crippen molar-refractivity contribution in [2.75, 3.05) is 25.3 Å². The van der Waals surface area contributed by atoms with Crippen LogP contribution in [0.2, 0.25) is 0 Å². The Hall–Kier alpha value is -2.58. The molecule has 8 heteroatoms. The third-order valence-corrected chi connectivity index (χ3v) is 6.71. The van der Waals surface area contributed by atoms with E-state index in [1.165, 1.54) is 18.5 Å². The summed E-state index contributed by atoms with van der Waals surface area (Å²) in [5, 5.41) is 2.81. The van der Waals surface area contributed by atoms with Crippen LogP contribution >= 0.6 is 0 Å². The Kier molecular flexibility index (Phi) is 5.90. The molecule has 1 aliphatic rings. The monoisotopic (exact) mass is 404 g/mol. The van der Waals surface area contributed by atoms with Crippen molar-refractivity contribution in [2.24, 2.45) is 0 Å². The van der Waals surface area contributed by atoms with E-state index in [-0.39, 0.29) is 18.2 Å². The average Bonchev–Trinajstić information content (AvgIpc) is 2.72. The number of benzene rings is 2. The number of ether oxygens (including phenoxy) is 2. The number of carbonyl (C=O) groups is 1. The minimum atomic E-state index is -3.55. The van der Waals surface area contributed by atoms with E-state index < -0.39 is 16.1 Å². The summed E-state index contributed by atoms with van der Waals surface area (Å²) in [6, 6.07) is 11.8. The molecule has 1 heterocycles. The number of hydrogen-bond acceptors (Lipinski definition) is 5. The van der Waals surface area contributed by atoms with Gasteiger partial charge in [0.15, 0.2) is 11.5 Å². The Morgan fingerprint density at radius 1 is 1.11 bits per heavy atom. The molecule has 0 saturated heterocycles. The number of sulfonamides is 1. The summed E-state index contributed by atoms with van der Waals surface area (Å²) in [7, 11) is -0.504. The highest BCUT2D eigenvalue weighted by atomic mass is 32.2. The van der Waals surface area contributed by atoms with Gasteiger partial charge in [0, 0.05) is 18.3 Å². The summed E-state index contributed by atoms with van der Waals surface area (Å²) in [5.74, 6) is 0.586. The topological polar surface area (TPSA) is 84.9 Å². The molecule has 1 atom stereocenters. The van der Waals surface area contributed by atoms with Crippen LogP contribution < -0.4 is 14.8 Å². The molecule has 0 unspecified atom stereocenters. The fraction of sp³-hybridized carbons (Fsp3) is 0.350. The molecule has 0 bridgehead atoms. The SMILES string of the molecule is CCS(=O)(=O)N1Cc2ccccc2C[C@@H]1C(=O)Nc1ccc(OC)c(OC)c1. The fourth-order valence-electron chi connectivity index (χ4n) is 3.32. The Morgan fingerprint density at radius 3 is 2.43 bits per heavy atom. The number of anilines is 1. The van der Waals surface area contributed by atoms with Crippen molar-refractivity contribution >= 4 is 21.6 Å². The third-order valence-electron chi connectivity index (χ3n) is 4.88. The molecule has 0 saturated carbocycles. The van der Waals surface area contributed by atoms with Gasteiger partial charge >= 0.3 is 0 Å². The van der Waals surface area contributed by atoms with E-state index >= 15 is 0 Å². The lowest BCUT2D eigenvalue weighted by molar-refractivity contribution is -0.120. The van der Waals surface area contributed by atoms with Gasteiger partial charge in [-0.2, -0.15) is 4.31 Å². The van der Waals surface area contributed by atoms with Crippen molar-refractivity contribution in [3.63, 3.8) is 0 Å². The second-order valence-electron chi connectivity index (χ2n) is 6.49. The standard InChI is InChI=1S/C20H24N2O5S/c1-4-28(24,25)22-13-15-8-6-5-7-14(15)11-17(22)20(23)21-16-9-10-18(26-2)19(12-16)27-3/h5-10,12,17H,4,11,13H2,1-3H3,(H,21,23)/t17-/m1/s1. The normalized spacial score (nSPS) is 16.9. The van der Waals surface area contributed by atoms with Crippen LogP contribution in [0, 0.1) is 0 Å². The van der Waals surface area contributed by atoms with Gasteiger partial charge in [0.05, 0.1) is 20.0 Å². The average molecular weight is 404 g/mol. The van der Waals surface area contributed by atoms with Crippen LogP contribution in [0.15, 0.2) is 42.5 Å². The Labute approximate surface area is 165 Å². The number of fused-ring (bicyclic) bond motifs is 1. The van der Waals surface area contributed by atoms with Crippen LogP contribution in [0.4, 0.5) is 5.69 Å². The van der Waals surface area contributed by atoms with E-state index in [1.54, 1.807) is 25.1 Å². The zero-order valence-corrected chi connectivity index (χ0v) is 17.0. The second-order valence-corrected chi connectivity index (χ2v) is 8.70. The molecular weight excluding hydrogens is 380 g/mol. The molecule has 28 heavy (non-hydrogen) atoms. The number of rotatable bonds is 6. The number of amides is 1. The maximum Gasteiger partial charge on any atom is 0.243 e. The van der Waals surface area contributed by atoms with E-state index in [4.69, 9.17) is 9.47 Å². The minimum Gasteiger partial charge on any atom is -0.493 e. The summed E-state index contributed by atoms with van der Waals surface area (Å²) in [6.45, 7) is 1.77. The lowest BCUT2D eigenvalue weighted by Gasteiger charge is -2.34. The number of methoxy groups -OCH3 is 2. The van der Waals surface area contributed by atoms with Crippen molar-refractivity contribution in [1.29, 1.82) is 0 Å². The van der Waals surface area contributed by atoms with Crippen molar-refractivity contribution in [3.05, 3.63) is 53.6 Å². The molecule has 1 amide bonds. The zero-order chi connectivity index (χ0) is 20.3. The second kappa shape index (κ2) is 8.20. The minimum absolute atomic E-state index is 0.0602. The van der Waals surface area contributed by atoms with Gasteiger partial charge in [0.2, 0.25) is 15.9 Å². The highest BCUT2D eigenvalue weighted by Crippen LogP contribution is 2.31. The smallest absolute Gasteiger partial charge is 0.243 e. The van der Waals surface area contributed by atoms with Crippen molar-refractivity contribution in [2.45, 2.75) is 25.9 Å². The predicted octanol–water partition coefficient (Wildman–Crippen LogP) is 2.42. The lowest BCUT2D eigenvalue weighted by Crippen LogP contribution is -2.51. The van der Waals surface area contributed by atoms with Crippen LogP contribution in [0.1, 0.15) is 18.1 Å². The Balaban J connectivity index is 1.90. The van der Waals surface area contributed by atoms with Gasteiger partial charge in [-0.25, -0.2) is 8.42 Å². The van der Waals surface area contributed by atoms with Crippen molar-refractivity contribution in [1.82, 2.24) is 4.31 Å². The van der Waals surface area contributed by atoms with E-state index in [1.807, 2.05) is 24.3 Å². The fourth-order valence-corrected chi connectivity index (χ4v) is 4.55. The molecule has 0 aliphatic carbocycles. The largest absolute Gasteiger partial charge is 0.493 e. The van der Waals surface area contributed by atoms with Gasteiger partial charge in [-0.15, -0.1) is 0 Å². The molecule has 2 aromatic rings. The van der Waals surface area contributed by atoms with Crippen LogP contribution in [0.3, 0.4) is 0 Å². The van der Waals surface area contributed by atoms with Gasteiger partial charge < -0.3 is 14.8 Å². The van der Waals surface area contributed by atoms with Gasteiger partial charge in [0.25, 0.3) is 0 Å². The highest BCUT2D eigenvalue weighted by molar-refractivity contribution is 7.89. The quantitative estimate of drug-likeness (QED) is 0.799. The first kappa shape index (κ1) is 20.2. The molecule has 0 aromatic heterocycles. The summed E-state index contributed by atoms with van der Waals surface area (Å²) in [4.78, 5) is 13.0. The number of carbonyl (C=O) groups excluding carboxylic acids is 1. The first-order chi connectivity index (χ1) is 13.4. The molecule has 0 radical (unpaired) electrons. The maximum absolute atomic E-state index is 13.0. The number of hydrogen-bond donors (Lipinski definition) is 1. The molecule has 150 valence electrons. The molecule has 0 spiro atoms. The first-order valence-corrected chi connectivity index (χ1v) is 10.6. The molecular formula is C20H24N2O5S. The lowest BCUT2D eigenvalue weighted by atomic mass is 9.95. The molecule has 1 N–H and O–H groups in total. The number of nitrogens with one attached hydrogen (secondary N) is 1. The van der Waals surface area contributed by atoms with Crippen molar-refractivity contribution < 1.29 is 22.7 Å². The Bertz CT molecular complexity index is 974.